The summed E-state index contributed by atoms with van der Waals surface area (Å²) in [6, 6.07) is 30.5. The monoisotopic (exact) mass is 435 g/mol. The Labute approximate surface area is 196 Å². The molecule has 0 N–H and O–H groups in total. The van der Waals surface area contributed by atoms with E-state index < -0.39 is 0 Å². The van der Waals surface area contributed by atoms with Crippen molar-refractivity contribution in [1.29, 1.82) is 0 Å². The van der Waals surface area contributed by atoms with Crippen LogP contribution in [-0.4, -0.2) is 0 Å². The lowest BCUT2D eigenvalue weighted by atomic mass is 10.1. The number of hydrogen-bond donors (Lipinski definition) is 0. The Morgan fingerprint density at radius 2 is 1.16 bits per heavy atom. The Hall–Kier alpha value is -3.36. The first-order chi connectivity index (χ1) is 15.5. The molecule has 3 aromatic carbocycles. The summed E-state index contributed by atoms with van der Waals surface area (Å²) in [6.45, 7) is 8.54. The average Bonchev–Trinajstić information content (AvgIpc) is 3.28. The molecule has 0 bridgehead atoms. The minimum atomic E-state index is 1.17. The summed E-state index contributed by atoms with van der Waals surface area (Å²) in [5, 5.41) is 1.21. The molecule has 0 fully saturated rings. The highest BCUT2D eigenvalue weighted by atomic mass is 32.1. The van der Waals surface area contributed by atoms with Gasteiger partial charge in [-0.1, -0.05) is 83.4 Å². The van der Waals surface area contributed by atoms with E-state index in [0.29, 0.717) is 0 Å². The molecular formula is C30H29NS. The summed E-state index contributed by atoms with van der Waals surface area (Å²) in [5.41, 5.74) is 8.65. The summed E-state index contributed by atoms with van der Waals surface area (Å²) in [5.74, 6) is 0. The van der Waals surface area contributed by atoms with Crippen molar-refractivity contribution in [2.24, 2.45) is 0 Å². The van der Waals surface area contributed by atoms with Gasteiger partial charge in [-0.25, -0.2) is 0 Å². The summed E-state index contributed by atoms with van der Waals surface area (Å²) in [6.07, 6.45) is 6.48. The van der Waals surface area contributed by atoms with E-state index in [4.69, 9.17) is 0 Å². The predicted molar refractivity (Wildman–Crippen MR) is 142 cm³/mol. The van der Waals surface area contributed by atoms with Gasteiger partial charge in [-0.3, -0.25) is 0 Å². The first-order valence-electron chi connectivity index (χ1n) is 10.9. The van der Waals surface area contributed by atoms with E-state index in [1.165, 1.54) is 49.1 Å². The van der Waals surface area contributed by atoms with Crippen LogP contribution >= 0.6 is 11.3 Å². The number of thiophene rings is 1. The molecule has 2 heteroatoms. The third-order valence-corrected chi connectivity index (χ3v) is 6.70. The maximum Gasteiger partial charge on any atom is 0.101 e. The van der Waals surface area contributed by atoms with Gasteiger partial charge in [0.2, 0.25) is 0 Å². The molecule has 0 atom stereocenters. The zero-order valence-electron chi connectivity index (χ0n) is 19.2. The Morgan fingerprint density at radius 3 is 1.69 bits per heavy atom. The predicted octanol–water partition coefficient (Wildman–Crippen LogP) is 9.26. The normalized spacial score (nSPS) is 11.8. The van der Waals surface area contributed by atoms with Crippen LogP contribution < -0.4 is 4.90 Å². The molecule has 0 aliphatic heterocycles. The maximum atomic E-state index is 2.34. The van der Waals surface area contributed by atoms with Crippen LogP contribution in [0.2, 0.25) is 0 Å². The number of nitrogens with zero attached hydrogens (tertiary/aromatic N) is 1. The van der Waals surface area contributed by atoms with Gasteiger partial charge >= 0.3 is 0 Å². The molecule has 0 unspecified atom stereocenters. The molecule has 0 saturated carbocycles. The van der Waals surface area contributed by atoms with Crippen LogP contribution in [0.5, 0.6) is 0 Å². The highest BCUT2D eigenvalue weighted by molar-refractivity contribution is 7.17. The van der Waals surface area contributed by atoms with Crippen molar-refractivity contribution in [3.05, 3.63) is 124 Å². The Bertz CT molecular complexity index is 1180. The van der Waals surface area contributed by atoms with Crippen LogP contribution in [0.15, 0.2) is 97.1 Å². The first kappa shape index (κ1) is 21.9. The zero-order chi connectivity index (χ0) is 22.5. The fourth-order valence-corrected chi connectivity index (χ4v) is 4.54. The Kier molecular flexibility index (Phi) is 6.72. The van der Waals surface area contributed by atoms with Gasteiger partial charge in [-0.2, -0.15) is 0 Å². The van der Waals surface area contributed by atoms with Gasteiger partial charge in [0.15, 0.2) is 0 Å². The lowest BCUT2D eigenvalue weighted by Crippen LogP contribution is -2.08. The van der Waals surface area contributed by atoms with Gasteiger partial charge in [0, 0.05) is 16.3 Å². The topological polar surface area (TPSA) is 3.24 Å². The molecule has 0 radical (unpaired) electrons. The molecule has 4 rings (SSSR count). The van der Waals surface area contributed by atoms with Crippen molar-refractivity contribution < 1.29 is 0 Å². The summed E-state index contributed by atoms with van der Waals surface area (Å²) < 4.78 is 0. The van der Waals surface area contributed by atoms with E-state index in [2.05, 4.69) is 136 Å². The molecule has 0 aliphatic rings. The minimum Gasteiger partial charge on any atom is -0.302 e. The number of hydrogen-bond acceptors (Lipinski definition) is 2. The second kappa shape index (κ2) is 9.84. The maximum absolute atomic E-state index is 2.34. The van der Waals surface area contributed by atoms with E-state index >= 15 is 0 Å². The van der Waals surface area contributed by atoms with E-state index in [0.717, 1.165) is 0 Å². The van der Waals surface area contributed by atoms with E-state index in [1.807, 2.05) is 11.3 Å². The van der Waals surface area contributed by atoms with Crippen molar-refractivity contribution in [1.82, 2.24) is 0 Å². The minimum absolute atomic E-state index is 1.17. The molecule has 32 heavy (non-hydrogen) atoms. The highest BCUT2D eigenvalue weighted by Gasteiger charge is 2.15. The van der Waals surface area contributed by atoms with Crippen molar-refractivity contribution in [2.75, 3.05) is 4.90 Å². The second-order valence-corrected chi connectivity index (χ2v) is 9.33. The van der Waals surface area contributed by atoms with Crippen molar-refractivity contribution >= 4 is 39.4 Å². The van der Waals surface area contributed by atoms with E-state index in [9.17, 15) is 0 Å². The number of benzene rings is 3. The average molecular weight is 436 g/mol. The van der Waals surface area contributed by atoms with Crippen LogP contribution in [0, 0.1) is 20.8 Å². The lowest BCUT2D eigenvalue weighted by Gasteiger charge is -2.24. The van der Waals surface area contributed by atoms with E-state index in [1.54, 1.807) is 0 Å². The van der Waals surface area contributed by atoms with Crippen LogP contribution in [-0.2, 0) is 0 Å². The largest absolute Gasteiger partial charge is 0.302 e. The van der Waals surface area contributed by atoms with Gasteiger partial charge in [-0.15, -0.1) is 11.3 Å². The molecule has 1 nitrogen and oxygen atoms in total. The van der Waals surface area contributed by atoms with Crippen molar-refractivity contribution in [3.63, 3.8) is 0 Å². The van der Waals surface area contributed by atoms with Crippen molar-refractivity contribution in [3.8, 4) is 0 Å². The van der Waals surface area contributed by atoms with Gasteiger partial charge < -0.3 is 4.90 Å². The highest BCUT2D eigenvalue weighted by Crippen LogP contribution is 2.40. The fraction of sp³-hybridized carbons (Fsp3) is 0.133. The Morgan fingerprint density at radius 1 is 0.656 bits per heavy atom. The molecule has 0 spiro atoms. The van der Waals surface area contributed by atoms with Crippen molar-refractivity contribution in [2.45, 2.75) is 27.7 Å². The van der Waals surface area contributed by atoms with Crippen LogP contribution in [0.3, 0.4) is 0 Å². The van der Waals surface area contributed by atoms with Crippen LogP contribution in [0.1, 0.15) is 34.1 Å². The molecule has 160 valence electrons. The quantitative estimate of drug-likeness (QED) is 0.273. The van der Waals surface area contributed by atoms with Gasteiger partial charge in [-0.05, 0) is 75.2 Å². The molecule has 0 aliphatic carbocycles. The van der Waals surface area contributed by atoms with Gasteiger partial charge in [0.25, 0.3) is 0 Å². The molecule has 1 aromatic heterocycles. The first-order valence-corrected chi connectivity index (χ1v) is 11.8. The molecule has 1 heterocycles. The third kappa shape index (κ3) is 5.27. The molecule has 0 amide bonds. The SMILES string of the molecule is CC(=CC=Cc1ccc(C)cc1)c1ccc(N(c2ccc(C)cc2)c2ccc(C)cc2)s1. The summed E-state index contributed by atoms with van der Waals surface area (Å²) >= 11 is 1.82. The number of allylic oxidation sites excluding steroid dienone is 3. The number of rotatable bonds is 6. The summed E-state index contributed by atoms with van der Waals surface area (Å²) in [7, 11) is 0. The number of anilines is 3. The van der Waals surface area contributed by atoms with Crippen LogP contribution in [0.25, 0.3) is 11.6 Å². The molecule has 0 saturated heterocycles. The Balaban J connectivity index is 1.62. The zero-order valence-corrected chi connectivity index (χ0v) is 20.0. The summed E-state index contributed by atoms with van der Waals surface area (Å²) in [4.78, 5) is 3.61. The fourth-order valence-electron chi connectivity index (χ4n) is 3.51. The third-order valence-electron chi connectivity index (χ3n) is 5.50. The smallest absolute Gasteiger partial charge is 0.101 e. The molecular weight excluding hydrogens is 406 g/mol. The molecule has 4 aromatic rings. The second-order valence-electron chi connectivity index (χ2n) is 8.26. The standard InChI is InChI=1S/C30H29NS/c1-22-8-14-26(15-9-22)7-5-6-25(4)29-20-21-30(32-29)31(27-16-10-23(2)11-17-27)28-18-12-24(3)13-19-28/h5-21H,1-4H3. The van der Waals surface area contributed by atoms with Crippen LogP contribution in [0.4, 0.5) is 16.4 Å². The lowest BCUT2D eigenvalue weighted by molar-refractivity contribution is 1.29. The van der Waals surface area contributed by atoms with Gasteiger partial charge in [0.05, 0.1) is 0 Å². The number of aryl methyl sites for hydroxylation is 3. The van der Waals surface area contributed by atoms with E-state index in [-0.39, 0.29) is 0 Å². The van der Waals surface area contributed by atoms with Gasteiger partial charge in [0.1, 0.15) is 5.00 Å².